The smallest absolute Gasteiger partial charge is 0.251 e. The largest absolute Gasteiger partial charge is 0.497 e. The van der Waals surface area contributed by atoms with Crippen molar-refractivity contribution < 1.29 is 14.3 Å². The van der Waals surface area contributed by atoms with Crippen LogP contribution in [0.2, 0.25) is 0 Å². The van der Waals surface area contributed by atoms with Gasteiger partial charge in [-0.05, 0) is 47.9 Å². The van der Waals surface area contributed by atoms with E-state index >= 15 is 0 Å². The van der Waals surface area contributed by atoms with Gasteiger partial charge in [0.05, 0.1) is 13.7 Å². The Morgan fingerprint density at radius 2 is 2.05 bits per heavy atom. The summed E-state index contributed by atoms with van der Waals surface area (Å²) in [4.78, 5) is 12.0. The molecule has 1 heterocycles. The zero-order valence-electron chi connectivity index (χ0n) is 12.6. The number of carbonyl (C=O) groups excluding carboxylic acids is 1. The van der Waals surface area contributed by atoms with Crippen LogP contribution in [-0.2, 0) is 12.8 Å². The van der Waals surface area contributed by atoms with Gasteiger partial charge in [0.25, 0.3) is 5.91 Å². The highest BCUT2D eigenvalue weighted by Crippen LogP contribution is 2.25. The Kier molecular flexibility index (Phi) is 4.28. The second-order valence-electron chi connectivity index (χ2n) is 5.27. The van der Waals surface area contributed by atoms with Gasteiger partial charge in [-0.2, -0.15) is 0 Å². The fraction of sp³-hybridized carbons (Fsp3) is 0.278. The number of benzene rings is 2. The van der Waals surface area contributed by atoms with Crippen molar-refractivity contribution >= 4 is 5.91 Å². The molecule has 1 amide bonds. The quantitative estimate of drug-likeness (QED) is 0.923. The van der Waals surface area contributed by atoms with Crippen molar-refractivity contribution in [3.05, 3.63) is 59.2 Å². The molecule has 114 valence electrons. The maximum atomic E-state index is 12.0. The van der Waals surface area contributed by atoms with Gasteiger partial charge in [-0.1, -0.05) is 12.1 Å². The summed E-state index contributed by atoms with van der Waals surface area (Å²) in [6, 6.07) is 13.3. The first-order valence-corrected chi connectivity index (χ1v) is 7.43. The van der Waals surface area contributed by atoms with Gasteiger partial charge in [-0.3, -0.25) is 4.79 Å². The Balaban J connectivity index is 1.52. The van der Waals surface area contributed by atoms with Crippen LogP contribution < -0.4 is 14.8 Å². The molecule has 0 fully saturated rings. The summed E-state index contributed by atoms with van der Waals surface area (Å²) in [6.07, 6.45) is 1.79. The van der Waals surface area contributed by atoms with E-state index in [1.165, 1.54) is 11.1 Å². The molecule has 22 heavy (non-hydrogen) atoms. The van der Waals surface area contributed by atoms with Crippen LogP contribution in [-0.4, -0.2) is 26.2 Å². The highest BCUT2D eigenvalue weighted by Gasteiger charge is 2.12. The van der Waals surface area contributed by atoms with E-state index in [-0.39, 0.29) is 5.91 Å². The Hall–Kier alpha value is -2.49. The lowest BCUT2D eigenvalue weighted by Gasteiger charge is -2.07. The van der Waals surface area contributed by atoms with Crippen LogP contribution in [0.25, 0.3) is 0 Å². The van der Waals surface area contributed by atoms with Crippen molar-refractivity contribution in [2.75, 3.05) is 20.3 Å². The Bertz CT molecular complexity index is 665. The van der Waals surface area contributed by atoms with Crippen LogP contribution in [0.15, 0.2) is 42.5 Å². The second-order valence-corrected chi connectivity index (χ2v) is 5.27. The molecule has 1 aliphatic heterocycles. The zero-order valence-corrected chi connectivity index (χ0v) is 12.6. The molecule has 3 rings (SSSR count). The molecule has 0 saturated carbocycles. The summed E-state index contributed by atoms with van der Waals surface area (Å²) in [5.74, 6) is 1.68. The van der Waals surface area contributed by atoms with Crippen molar-refractivity contribution in [3.8, 4) is 11.5 Å². The van der Waals surface area contributed by atoms with Crippen LogP contribution in [0.4, 0.5) is 0 Å². The minimum absolute atomic E-state index is 0.0628. The Morgan fingerprint density at radius 1 is 1.23 bits per heavy atom. The normalized spacial score (nSPS) is 12.4. The summed E-state index contributed by atoms with van der Waals surface area (Å²) in [7, 11) is 1.61. The number of fused-ring (bicyclic) bond motifs is 1. The number of carbonyl (C=O) groups is 1. The molecule has 0 bridgehead atoms. The summed E-state index contributed by atoms with van der Waals surface area (Å²) < 4.78 is 10.6. The molecule has 2 aromatic carbocycles. The summed E-state index contributed by atoms with van der Waals surface area (Å²) >= 11 is 0. The van der Waals surface area contributed by atoms with E-state index in [0.29, 0.717) is 12.1 Å². The maximum Gasteiger partial charge on any atom is 0.251 e. The maximum absolute atomic E-state index is 12.0. The number of hydrogen-bond donors (Lipinski definition) is 1. The van der Waals surface area contributed by atoms with Gasteiger partial charge in [-0.25, -0.2) is 0 Å². The number of ether oxygens (including phenoxy) is 2. The molecule has 4 heteroatoms. The third-order valence-electron chi connectivity index (χ3n) is 3.81. The molecule has 4 nitrogen and oxygen atoms in total. The lowest BCUT2D eigenvalue weighted by Crippen LogP contribution is -2.25. The number of nitrogens with one attached hydrogen (secondary N) is 1. The highest BCUT2D eigenvalue weighted by molar-refractivity contribution is 5.94. The van der Waals surface area contributed by atoms with Crippen molar-refractivity contribution in [1.29, 1.82) is 0 Å². The standard InChI is InChI=1S/C18H19NO3/c1-21-16-5-3-14(4-6-16)18(20)19-10-8-13-2-7-17-15(12-13)9-11-22-17/h2-7,12H,8-11H2,1H3,(H,19,20). The molecule has 1 N–H and O–H groups in total. The first-order valence-electron chi connectivity index (χ1n) is 7.43. The molecule has 0 aromatic heterocycles. The number of rotatable bonds is 5. The molecule has 0 saturated heterocycles. The van der Waals surface area contributed by atoms with Crippen molar-refractivity contribution in [1.82, 2.24) is 5.32 Å². The van der Waals surface area contributed by atoms with Crippen LogP contribution in [0.5, 0.6) is 11.5 Å². The van der Waals surface area contributed by atoms with Gasteiger partial charge < -0.3 is 14.8 Å². The third kappa shape index (κ3) is 3.22. The van der Waals surface area contributed by atoms with Gasteiger partial charge in [-0.15, -0.1) is 0 Å². The summed E-state index contributed by atoms with van der Waals surface area (Å²) in [6.45, 7) is 1.39. The average Bonchev–Trinajstić information content (AvgIpc) is 3.02. The molecule has 0 unspecified atom stereocenters. The highest BCUT2D eigenvalue weighted by atomic mass is 16.5. The second kappa shape index (κ2) is 6.52. The van der Waals surface area contributed by atoms with Crippen LogP contribution >= 0.6 is 0 Å². The van der Waals surface area contributed by atoms with Gasteiger partial charge in [0.2, 0.25) is 0 Å². The minimum atomic E-state index is -0.0628. The first kappa shape index (κ1) is 14.4. The lowest BCUT2D eigenvalue weighted by molar-refractivity contribution is 0.0954. The van der Waals surface area contributed by atoms with E-state index in [9.17, 15) is 4.79 Å². The predicted molar refractivity (Wildman–Crippen MR) is 84.7 cm³/mol. The van der Waals surface area contributed by atoms with Gasteiger partial charge in [0, 0.05) is 18.5 Å². The molecule has 0 radical (unpaired) electrons. The number of amides is 1. The van der Waals surface area contributed by atoms with Crippen molar-refractivity contribution in [3.63, 3.8) is 0 Å². The molecule has 0 aliphatic carbocycles. The van der Waals surface area contributed by atoms with E-state index in [1.807, 2.05) is 6.07 Å². The van der Waals surface area contributed by atoms with E-state index in [2.05, 4.69) is 17.4 Å². The summed E-state index contributed by atoms with van der Waals surface area (Å²) in [5, 5.41) is 2.94. The van der Waals surface area contributed by atoms with Crippen molar-refractivity contribution in [2.24, 2.45) is 0 Å². The SMILES string of the molecule is COc1ccc(C(=O)NCCc2ccc3c(c2)CCO3)cc1. The van der Waals surface area contributed by atoms with Gasteiger partial charge in [0.1, 0.15) is 11.5 Å². The third-order valence-corrected chi connectivity index (χ3v) is 3.81. The predicted octanol–water partition coefficient (Wildman–Crippen LogP) is 2.60. The van der Waals surface area contributed by atoms with Gasteiger partial charge >= 0.3 is 0 Å². The van der Waals surface area contributed by atoms with E-state index in [0.717, 1.165) is 30.9 Å². The minimum Gasteiger partial charge on any atom is -0.497 e. The number of hydrogen-bond acceptors (Lipinski definition) is 3. The average molecular weight is 297 g/mol. The topological polar surface area (TPSA) is 47.6 Å². The zero-order chi connectivity index (χ0) is 15.4. The fourth-order valence-electron chi connectivity index (χ4n) is 2.56. The van der Waals surface area contributed by atoms with Crippen LogP contribution in [0.1, 0.15) is 21.5 Å². The van der Waals surface area contributed by atoms with Crippen LogP contribution in [0, 0.1) is 0 Å². The molecule has 1 aliphatic rings. The molecule has 0 atom stereocenters. The van der Waals surface area contributed by atoms with Gasteiger partial charge in [0.15, 0.2) is 0 Å². The molecule has 0 spiro atoms. The van der Waals surface area contributed by atoms with E-state index < -0.39 is 0 Å². The summed E-state index contributed by atoms with van der Waals surface area (Å²) in [5.41, 5.74) is 3.13. The molecule has 2 aromatic rings. The molecular formula is C18H19NO3. The number of methoxy groups -OCH3 is 1. The Labute approximate surface area is 130 Å². The Morgan fingerprint density at radius 3 is 2.82 bits per heavy atom. The monoisotopic (exact) mass is 297 g/mol. The van der Waals surface area contributed by atoms with Crippen LogP contribution in [0.3, 0.4) is 0 Å². The lowest BCUT2D eigenvalue weighted by atomic mass is 10.1. The van der Waals surface area contributed by atoms with Crippen molar-refractivity contribution in [2.45, 2.75) is 12.8 Å². The fourth-order valence-corrected chi connectivity index (χ4v) is 2.56. The molecular weight excluding hydrogens is 278 g/mol. The van der Waals surface area contributed by atoms with E-state index in [1.54, 1.807) is 31.4 Å². The van der Waals surface area contributed by atoms with E-state index in [4.69, 9.17) is 9.47 Å². The first-order chi connectivity index (χ1) is 10.8.